The molecule has 0 saturated carbocycles. The van der Waals surface area contributed by atoms with Crippen LogP contribution in [0.25, 0.3) is 10.2 Å². The van der Waals surface area contributed by atoms with Gasteiger partial charge in [-0.25, -0.2) is 14.8 Å². The molecule has 2 aromatic heterocycles. The van der Waals surface area contributed by atoms with Gasteiger partial charge in [-0.15, -0.1) is 11.3 Å². The van der Waals surface area contributed by atoms with Crippen molar-refractivity contribution in [3.8, 4) is 0 Å². The molecule has 2 aromatic rings. The summed E-state index contributed by atoms with van der Waals surface area (Å²) in [6.45, 7) is 0. The minimum Gasteiger partial charge on any atom is -0.476 e. The van der Waals surface area contributed by atoms with Gasteiger partial charge < -0.3 is 5.11 Å². The predicted molar refractivity (Wildman–Crippen MR) is 49.4 cm³/mol. The molecule has 0 atom stereocenters. The lowest BCUT2D eigenvalue weighted by Crippen LogP contribution is -1.93. The van der Waals surface area contributed by atoms with E-state index in [9.17, 15) is 4.79 Å². The van der Waals surface area contributed by atoms with Crippen molar-refractivity contribution in [2.24, 2.45) is 0 Å². The standard InChI is InChI=1S/C7H3ClN2O2S/c8-5-4-3(1-2-9-5)13-6(10-4)7(11)12/h1-2H,(H,11,12). The molecule has 0 radical (unpaired) electrons. The van der Waals surface area contributed by atoms with E-state index in [1.54, 1.807) is 6.07 Å². The van der Waals surface area contributed by atoms with Crippen LogP contribution < -0.4 is 0 Å². The average Bonchev–Trinajstić information content (AvgIpc) is 2.49. The Morgan fingerprint density at radius 1 is 1.62 bits per heavy atom. The van der Waals surface area contributed by atoms with Crippen LogP contribution in [0, 0.1) is 0 Å². The van der Waals surface area contributed by atoms with Crippen LogP contribution in [0.1, 0.15) is 9.80 Å². The SMILES string of the molecule is O=C(O)c1nc2c(Cl)nccc2s1. The van der Waals surface area contributed by atoms with Gasteiger partial charge in [0.2, 0.25) is 5.01 Å². The van der Waals surface area contributed by atoms with Gasteiger partial charge in [0.25, 0.3) is 0 Å². The van der Waals surface area contributed by atoms with E-state index < -0.39 is 5.97 Å². The number of carbonyl (C=O) groups is 1. The fraction of sp³-hybridized carbons (Fsp3) is 0. The highest BCUT2D eigenvalue weighted by Crippen LogP contribution is 2.25. The van der Waals surface area contributed by atoms with Crippen molar-refractivity contribution in [2.45, 2.75) is 0 Å². The van der Waals surface area contributed by atoms with Crippen molar-refractivity contribution in [3.05, 3.63) is 22.4 Å². The van der Waals surface area contributed by atoms with Crippen molar-refractivity contribution in [1.82, 2.24) is 9.97 Å². The lowest BCUT2D eigenvalue weighted by atomic mass is 10.4. The number of rotatable bonds is 1. The Kier molecular flexibility index (Phi) is 1.90. The van der Waals surface area contributed by atoms with Crippen molar-refractivity contribution in [1.29, 1.82) is 0 Å². The number of hydrogen-bond donors (Lipinski definition) is 1. The van der Waals surface area contributed by atoms with Crippen molar-refractivity contribution >= 4 is 39.1 Å². The molecule has 1 N–H and O–H groups in total. The Morgan fingerprint density at radius 3 is 3.00 bits per heavy atom. The molecule has 2 heterocycles. The van der Waals surface area contributed by atoms with Crippen LogP contribution in [-0.4, -0.2) is 21.0 Å². The van der Waals surface area contributed by atoms with Crippen molar-refractivity contribution < 1.29 is 9.90 Å². The molecule has 66 valence electrons. The molecule has 0 fully saturated rings. The summed E-state index contributed by atoms with van der Waals surface area (Å²) in [6, 6.07) is 1.69. The van der Waals surface area contributed by atoms with Crippen LogP contribution in [0.4, 0.5) is 0 Å². The molecule has 0 spiro atoms. The summed E-state index contributed by atoms with van der Waals surface area (Å²) in [5.41, 5.74) is 0.451. The van der Waals surface area contributed by atoms with E-state index in [1.807, 2.05) is 0 Å². The fourth-order valence-corrected chi connectivity index (χ4v) is 1.97. The van der Waals surface area contributed by atoms with Crippen molar-refractivity contribution in [3.63, 3.8) is 0 Å². The Bertz CT molecular complexity index is 482. The summed E-state index contributed by atoms with van der Waals surface area (Å²) in [4.78, 5) is 18.2. The highest BCUT2D eigenvalue weighted by Gasteiger charge is 2.12. The zero-order valence-electron chi connectivity index (χ0n) is 6.19. The van der Waals surface area contributed by atoms with Crippen LogP contribution >= 0.6 is 22.9 Å². The van der Waals surface area contributed by atoms with Crippen molar-refractivity contribution in [2.75, 3.05) is 0 Å². The summed E-state index contributed by atoms with van der Waals surface area (Å²) < 4.78 is 0.734. The van der Waals surface area contributed by atoms with E-state index in [0.29, 0.717) is 5.52 Å². The summed E-state index contributed by atoms with van der Waals surface area (Å²) in [6.07, 6.45) is 1.52. The maximum absolute atomic E-state index is 10.6. The third-order valence-electron chi connectivity index (χ3n) is 1.45. The van der Waals surface area contributed by atoms with Crippen LogP contribution in [0.15, 0.2) is 12.3 Å². The first kappa shape index (κ1) is 8.40. The molecule has 4 nitrogen and oxygen atoms in total. The Labute approximate surface area is 81.8 Å². The number of pyridine rings is 1. The third-order valence-corrected chi connectivity index (χ3v) is 2.73. The second-order valence-electron chi connectivity index (χ2n) is 2.27. The van der Waals surface area contributed by atoms with E-state index in [4.69, 9.17) is 16.7 Å². The zero-order valence-corrected chi connectivity index (χ0v) is 7.76. The second-order valence-corrected chi connectivity index (χ2v) is 3.66. The van der Waals surface area contributed by atoms with E-state index in [2.05, 4.69) is 9.97 Å². The first-order valence-corrected chi connectivity index (χ1v) is 4.52. The summed E-state index contributed by atoms with van der Waals surface area (Å²) >= 11 is 6.80. The number of hydrogen-bond acceptors (Lipinski definition) is 4. The molecule has 6 heteroatoms. The van der Waals surface area contributed by atoms with Gasteiger partial charge in [-0.2, -0.15) is 0 Å². The monoisotopic (exact) mass is 214 g/mol. The minimum atomic E-state index is -1.04. The van der Waals surface area contributed by atoms with Crippen LogP contribution in [0.5, 0.6) is 0 Å². The number of aromatic carboxylic acids is 1. The molecular formula is C7H3ClN2O2S. The highest BCUT2D eigenvalue weighted by molar-refractivity contribution is 7.20. The molecule has 2 rings (SSSR count). The maximum atomic E-state index is 10.6. The van der Waals surface area contributed by atoms with Crippen LogP contribution in [-0.2, 0) is 0 Å². The smallest absolute Gasteiger partial charge is 0.365 e. The Hall–Kier alpha value is -1.20. The van der Waals surface area contributed by atoms with Gasteiger partial charge in [0, 0.05) is 6.20 Å². The van der Waals surface area contributed by atoms with Gasteiger partial charge in [0.05, 0.1) is 4.70 Å². The number of carboxylic acid groups (broad SMARTS) is 1. The first-order valence-electron chi connectivity index (χ1n) is 3.33. The number of fused-ring (bicyclic) bond motifs is 1. The van der Waals surface area contributed by atoms with E-state index in [-0.39, 0.29) is 10.2 Å². The van der Waals surface area contributed by atoms with Gasteiger partial charge in [-0.05, 0) is 6.07 Å². The Balaban J connectivity index is 2.75. The Morgan fingerprint density at radius 2 is 2.38 bits per heavy atom. The second kappa shape index (κ2) is 2.93. The van der Waals surface area contributed by atoms with Crippen LogP contribution in [0.3, 0.4) is 0 Å². The number of thiazole rings is 1. The number of aromatic nitrogens is 2. The maximum Gasteiger partial charge on any atom is 0.365 e. The zero-order chi connectivity index (χ0) is 9.42. The van der Waals surface area contributed by atoms with Gasteiger partial charge in [0.15, 0.2) is 5.15 Å². The summed E-state index contributed by atoms with van der Waals surface area (Å²) in [5, 5.41) is 8.93. The van der Waals surface area contributed by atoms with Gasteiger partial charge >= 0.3 is 5.97 Å². The first-order chi connectivity index (χ1) is 6.18. The average molecular weight is 215 g/mol. The van der Waals surface area contributed by atoms with Crippen LogP contribution in [0.2, 0.25) is 5.15 Å². The number of halogens is 1. The molecule has 13 heavy (non-hydrogen) atoms. The summed E-state index contributed by atoms with van der Waals surface area (Å²) in [7, 11) is 0. The largest absolute Gasteiger partial charge is 0.476 e. The molecule has 0 saturated heterocycles. The summed E-state index contributed by atoms with van der Waals surface area (Å²) in [5.74, 6) is -1.04. The number of carboxylic acids is 1. The van der Waals surface area contributed by atoms with Gasteiger partial charge in [-0.1, -0.05) is 11.6 Å². The highest BCUT2D eigenvalue weighted by atomic mass is 35.5. The molecule has 0 aromatic carbocycles. The molecule has 0 bridgehead atoms. The fourth-order valence-electron chi connectivity index (χ4n) is 0.916. The molecule has 0 aliphatic carbocycles. The van der Waals surface area contributed by atoms with E-state index in [0.717, 1.165) is 16.0 Å². The normalized spacial score (nSPS) is 10.5. The minimum absolute atomic E-state index is 0.0323. The molecule has 0 aliphatic rings. The van der Waals surface area contributed by atoms with E-state index in [1.165, 1.54) is 6.20 Å². The number of nitrogens with zero attached hydrogens (tertiary/aromatic N) is 2. The molecule has 0 unspecified atom stereocenters. The lowest BCUT2D eigenvalue weighted by Gasteiger charge is -1.87. The molecular weight excluding hydrogens is 212 g/mol. The predicted octanol–water partition coefficient (Wildman–Crippen LogP) is 2.04. The molecule has 0 amide bonds. The van der Waals surface area contributed by atoms with Gasteiger partial charge in [-0.3, -0.25) is 0 Å². The quantitative estimate of drug-likeness (QED) is 0.738. The topological polar surface area (TPSA) is 63.1 Å². The lowest BCUT2D eigenvalue weighted by molar-refractivity contribution is 0.0696. The van der Waals surface area contributed by atoms with E-state index >= 15 is 0 Å². The third kappa shape index (κ3) is 1.36. The van der Waals surface area contributed by atoms with Gasteiger partial charge in [0.1, 0.15) is 5.52 Å². The molecule has 0 aliphatic heterocycles.